The molecule has 1 aromatic rings. The summed E-state index contributed by atoms with van der Waals surface area (Å²) in [6, 6.07) is 0. The van der Waals surface area contributed by atoms with Gasteiger partial charge < -0.3 is 4.74 Å². The van der Waals surface area contributed by atoms with Crippen molar-refractivity contribution in [3.05, 3.63) is 28.8 Å². The summed E-state index contributed by atoms with van der Waals surface area (Å²) in [4.78, 5) is 12.0. The summed E-state index contributed by atoms with van der Waals surface area (Å²) in [5, 5.41) is 0. The highest BCUT2D eigenvalue weighted by atomic mass is 32.2. The Morgan fingerprint density at radius 3 is 1.75 bits per heavy atom. The van der Waals surface area contributed by atoms with Crippen molar-refractivity contribution >= 4 is 17.7 Å². The van der Waals surface area contributed by atoms with Gasteiger partial charge in [0, 0.05) is 11.3 Å². The fourth-order valence-electron chi connectivity index (χ4n) is 2.99. The predicted molar refractivity (Wildman–Crippen MR) is 104 cm³/mol. The van der Waals surface area contributed by atoms with Gasteiger partial charge in [-0.2, -0.15) is 0 Å². The van der Waals surface area contributed by atoms with Gasteiger partial charge in [0.2, 0.25) is 0 Å². The molecule has 0 spiro atoms. The van der Waals surface area contributed by atoms with E-state index < -0.39 is 45.1 Å². The van der Waals surface area contributed by atoms with Crippen LogP contribution in [0.4, 0.5) is 17.6 Å². The van der Waals surface area contributed by atoms with Crippen molar-refractivity contribution in [1.82, 2.24) is 0 Å². The first-order valence-corrected chi connectivity index (χ1v) is 10.1. The Bertz CT molecular complexity index is 706. The lowest BCUT2D eigenvalue weighted by atomic mass is 9.61. The maximum absolute atomic E-state index is 13.9. The molecular formula is C21H30F4O2S. The van der Waals surface area contributed by atoms with Crippen LogP contribution in [0.2, 0.25) is 0 Å². The van der Waals surface area contributed by atoms with E-state index in [0.29, 0.717) is 18.2 Å². The number of hydrogen-bond donors (Lipinski definition) is 0. The van der Waals surface area contributed by atoms with Gasteiger partial charge in [-0.05, 0) is 31.1 Å². The number of hydrogen-bond acceptors (Lipinski definition) is 3. The number of esters is 1. The molecule has 0 aromatic heterocycles. The van der Waals surface area contributed by atoms with Crippen LogP contribution in [-0.4, -0.2) is 18.3 Å². The Labute approximate surface area is 169 Å². The summed E-state index contributed by atoms with van der Waals surface area (Å²) in [6.07, 6.45) is 0.590. The highest BCUT2D eigenvalue weighted by molar-refractivity contribution is 7.99. The van der Waals surface area contributed by atoms with Gasteiger partial charge in [0.15, 0.2) is 23.3 Å². The molecule has 2 nitrogen and oxygen atoms in total. The second-order valence-electron chi connectivity index (χ2n) is 9.51. The summed E-state index contributed by atoms with van der Waals surface area (Å²) in [7, 11) is 0. The minimum Gasteiger partial charge on any atom is -0.464 e. The van der Waals surface area contributed by atoms with E-state index in [1.54, 1.807) is 0 Å². The van der Waals surface area contributed by atoms with Crippen molar-refractivity contribution in [2.24, 2.45) is 16.2 Å². The van der Waals surface area contributed by atoms with Crippen molar-refractivity contribution in [2.75, 3.05) is 12.4 Å². The molecule has 7 heteroatoms. The quantitative estimate of drug-likeness (QED) is 0.168. The van der Waals surface area contributed by atoms with Gasteiger partial charge >= 0.3 is 5.97 Å². The largest absolute Gasteiger partial charge is 0.464 e. The maximum atomic E-state index is 13.9. The smallest absolute Gasteiger partial charge is 0.312 e. The van der Waals surface area contributed by atoms with E-state index in [4.69, 9.17) is 4.74 Å². The second kappa shape index (κ2) is 8.64. The molecule has 0 heterocycles. The van der Waals surface area contributed by atoms with E-state index in [1.807, 2.05) is 48.5 Å². The monoisotopic (exact) mass is 422 g/mol. The van der Waals surface area contributed by atoms with E-state index in [2.05, 4.69) is 0 Å². The molecule has 0 aliphatic heterocycles. The third-order valence-corrected chi connectivity index (χ3v) is 6.01. The SMILES string of the molecule is Cc1c(F)c(F)c(SCCOC(=O)C(C)(CC(C)(C)C)C(C)(C)C)c(F)c1F. The van der Waals surface area contributed by atoms with Crippen LogP contribution in [0.3, 0.4) is 0 Å². The summed E-state index contributed by atoms with van der Waals surface area (Å²) >= 11 is 0.577. The van der Waals surface area contributed by atoms with Crippen molar-refractivity contribution in [3.63, 3.8) is 0 Å². The molecule has 0 amide bonds. The predicted octanol–water partition coefficient (Wildman–Crippen LogP) is 6.68. The number of carbonyl (C=O) groups is 1. The topological polar surface area (TPSA) is 26.3 Å². The van der Waals surface area contributed by atoms with E-state index in [-0.39, 0.29) is 23.2 Å². The fraction of sp³-hybridized carbons (Fsp3) is 0.667. The summed E-state index contributed by atoms with van der Waals surface area (Å²) in [6.45, 7) is 14.7. The van der Waals surface area contributed by atoms with Crippen LogP contribution >= 0.6 is 11.8 Å². The zero-order valence-corrected chi connectivity index (χ0v) is 18.7. The molecule has 0 aliphatic rings. The lowest BCUT2D eigenvalue weighted by molar-refractivity contribution is -0.164. The summed E-state index contributed by atoms with van der Waals surface area (Å²) in [5.74, 6) is -6.12. The zero-order valence-electron chi connectivity index (χ0n) is 17.9. The maximum Gasteiger partial charge on any atom is 0.312 e. The van der Waals surface area contributed by atoms with Crippen molar-refractivity contribution in [1.29, 1.82) is 0 Å². The second-order valence-corrected chi connectivity index (χ2v) is 10.6. The first kappa shape index (κ1) is 24.8. The van der Waals surface area contributed by atoms with Gasteiger partial charge in [0.1, 0.15) is 6.61 Å². The Morgan fingerprint density at radius 1 is 0.893 bits per heavy atom. The molecular weight excluding hydrogens is 392 g/mol. The third-order valence-electron chi connectivity index (χ3n) is 5.00. The molecule has 0 fully saturated rings. The van der Waals surface area contributed by atoms with Crippen LogP contribution in [-0.2, 0) is 9.53 Å². The van der Waals surface area contributed by atoms with Gasteiger partial charge in [-0.3, -0.25) is 4.79 Å². The molecule has 0 radical (unpaired) electrons. The highest BCUT2D eigenvalue weighted by Gasteiger charge is 2.47. The van der Waals surface area contributed by atoms with Crippen LogP contribution in [0.1, 0.15) is 60.5 Å². The van der Waals surface area contributed by atoms with Gasteiger partial charge in [-0.15, -0.1) is 11.8 Å². The van der Waals surface area contributed by atoms with Crippen molar-refractivity contribution in [3.8, 4) is 0 Å². The molecule has 0 saturated heterocycles. The molecule has 160 valence electrons. The van der Waals surface area contributed by atoms with Crippen LogP contribution in [0, 0.1) is 46.4 Å². The van der Waals surface area contributed by atoms with Crippen LogP contribution in [0.25, 0.3) is 0 Å². The van der Waals surface area contributed by atoms with Crippen LogP contribution in [0.5, 0.6) is 0 Å². The standard InChI is InChI=1S/C21H30F4O2S/c1-12-13(22)15(24)17(16(25)14(12)23)28-10-9-27-18(26)21(8,20(5,6)7)11-19(2,3)4/h9-11H2,1-8H3. The normalized spacial score (nSPS) is 14.7. The van der Waals surface area contributed by atoms with Crippen LogP contribution < -0.4 is 0 Å². The minimum absolute atomic E-state index is 0.0305. The van der Waals surface area contributed by atoms with E-state index >= 15 is 0 Å². The molecule has 1 atom stereocenters. The number of rotatable bonds is 6. The third kappa shape index (κ3) is 5.43. The zero-order chi connectivity index (χ0) is 22.1. The number of carbonyl (C=O) groups excluding carboxylic acids is 1. The Balaban J connectivity index is 2.85. The average Bonchev–Trinajstić information content (AvgIpc) is 2.54. The molecule has 1 rings (SSSR count). The Kier molecular flexibility index (Phi) is 7.65. The number of halogens is 4. The first-order valence-electron chi connectivity index (χ1n) is 9.15. The first-order chi connectivity index (χ1) is 12.5. The van der Waals surface area contributed by atoms with Crippen LogP contribution in [0.15, 0.2) is 4.90 Å². The molecule has 1 unspecified atom stereocenters. The summed E-state index contributed by atoms with van der Waals surface area (Å²) in [5.41, 5.74) is -1.95. The fourth-order valence-corrected chi connectivity index (χ4v) is 3.79. The van der Waals surface area contributed by atoms with Gasteiger partial charge in [-0.25, -0.2) is 17.6 Å². The highest BCUT2D eigenvalue weighted by Crippen LogP contribution is 2.47. The van der Waals surface area contributed by atoms with E-state index in [0.717, 1.165) is 6.92 Å². The Morgan fingerprint density at radius 2 is 1.36 bits per heavy atom. The summed E-state index contributed by atoms with van der Waals surface area (Å²) < 4.78 is 60.5. The van der Waals surface area contributed by atoms with Gasteiger partial charge in [0.05, 0.1) is 10.3 Å². The van der Waals surface area contributed by atoms with Crippen molar-refractivity contribution in [2.45, 2.75) is 66.7 Å². The molecule has 28 heavy (non-hydrogen) atoms. The molecule has 1 aromatic carbocycles. The lowest BCUT2D eigenvalue weighted by Crippen LogP contribution is -2.44. The molecule has 0 bridgehead atoms. The lowest BCUT2D eigenvalue weighted by Gasteiger charge is -2.43. The van der Waals surface area contributed by atoms with Gasteiger partial charge in [0.25, 0.3) is 0 Å². The van der Waals surface area contributed by atoms with Crippen molar-refractivity contribution < 1.29 is 27.1 Å². The van der Waals surface area contributed by atoms with E-state index in [1.165, 1.54) is 0 Å². The average molecular weight is 423 g/mol. The number of thioether (sulfide) groups is 1. The number of benzene rings is 1. The van der Waals surface area contributed by atoms with Gasteiger partial charge in [-0.1, -0.05) is 41.5 Å². The van der Waals surface area contributed by atoms with E-state index in [9.17, 15) is 22.4 Å². The molecule has 0 N–H and O–H groups in total. The number of ether oxygens (including phenoxy) is 1. The minimum atomic E-state index is -1.43. The molecule has 0 aliphatic carbocycles. The molecule has 0 saturated carbocycles. The Hall–Kier alpha value is -1.24.